The molecule has 0 saturated carbocycles. The summed E-state index contributed by atoms with van der Waals surface area (Å²) in [6.45, 7) is 2.87. The van der Waals surface area contributed by atoms with Crippen LogP contribution in [0.5, 0.6) is 0 Å². The van der Waals surface area contributed by atoms with Crippen LogP contribution in [0.15, 0.2) is 29.0 Å². The first-order chi connectivity index (χ1) is 8.22. The highest BCUT2D eigenvalue weighted by molar-refractivity contribution is 14.1. The van der Waals surface area contributed by atoms with Gasteiger partial charge in [0.15, 0.2) is 5.82 Å². The molecule has 0 aromatic carbocycles. The van der Waals surface area contributed by atoms with E-state index in [1.165, 1.54) is 0 Å². The predicted octanol–water partition coefficient (Wildman–Crippen LogP) is 3.34. The largest absolute Gasteiger partial charge is 0.369 e. The number of pyridine rings is 1. The summed E-state index contributed by atoms with van der Waals surface area (Å²) >= 11 is 5.66. The molecule has 0 radical (unpaired) electrons. The van der Waals surface area contributed by atoms with Gasteiger partial charge in [0.2, 0.25) is 0 Å². The van der Waals surface area contributed by atoms with Crippen LogP contribution in [0, 0.1) is 3.57 Å². The van der Waals surface area contributed by atoms with E-state index < -0.39 is 0 Å². The maximum atomic E-state index is 4.47. The van der Waals surface area contributed by atoms with Crippen LogP contribution in [0.4, 0.5) is 5.82 Å². The fourth-order valence-electron chi connectivity index (χ4n) is 1.32. The van der Waals surface area contributed by atoms with Gasteiger partial charge in [-0.1, -0.05) is 0 Å². The van der Waals surface area contributed by atoms with E-state index in [4.69, 9.17) is 0 Å². The molecule has 1 N–H and O–H groups in total. The zero-order valence-corrected chi connectivity index (χ0v) is 12.9. The number of hydrogen-bond donors (Lipinski definition) is 1. The number of halogens is 2. The molecule has 4 nitrogen and oxygen atoms in total. The molecule has 0 amide bonds. The smallest absolute Gasteiger partial charge is 0.181 e. The monoisotopic (exact) mass is 404 g/mol. The van der Waals surface area contributed by atoms with Crippen LogP contribution in [0.2, 0.25) is 0 Å². The summed E-state index contributed by atoms with van der Waals surface area (Å²) in [4.78, 5) is 13.0. The van der Waals surface area contributed by atoms with Gasteiger partial charge in [-0.25, -0.2) is 9.97 Å². The number of anilines is 1. The molecule has 0 fully saturated rings. The first-order valence-electron chi connectivity index (χ1n) is 5.09. The molecule has 2 heterocycles. The lowest BCUT2D eigenvalue weighted by Crippen LogP contribution is -2.04. The maximum Gasteiger partial charge on any atom is 0.181 e. The van der Waals surface area contributed by atoms with E-state index >= 15 is 0 Å². The first-order valence-corrected chi connectivity index (χ1v) is 6.97. The van der Waals surface area contributed by atoms with Crippen molar-refractivity contribution >= 4 is 44.3 Å². The maximum absolute atomic E-state index is 4.47. The van der Waals surface area contributed by atoms with Crippen molar-refractivity contribution in [3.8, 4) is 11.5 Å². The Morgan fingerprint density at radius 3 is 2.94 bits per heavy atom. The second kappa shape index (κ2) is 5.72. The number of rotatable bonds is 3. The Morgan fingerprint density at radius 2 is 2.24 bits per heavy atom. The van der Waals surface area contributed by atoms with Gasteiger partial charge in [-0.15, -0.1) is 0 Å². The normalized spacial score (nSPS) is 10.3. The molecule has 6 heteroatoms. The lowest BCUT2D eigenvalue weighted by atomic mass is 10.3. The number of hydrogen-bond acceptors (Lipinski definition) is 4. The Bertz CT molecular complexity index is 533. The summed E-state index contributed by atoms with van der Waals surface area (Å²) in [6, 6.07) is 3.79. The molecule has 17 heavy (non-hydrogen) atoms. The van der Waals surface area contributed by atoms with Crippen LogP contribution in [0.3, 0.4) is 0 Å². The molecular formula is C11H10BrIN4. The molecular weight excluding hydrogens is 395 g/mol. The van der Waals surface area contributed by atoms with Crippen molar-refractivity contribution in [1.82, 2.24) is 15.0 Å². The lowest BCUT2D eigenvalue weighted by Gasteiger charge is -2.07. The van der Waals surface area contributed by atoms with Crippen LogP contribution in [-0.2, 0) is 0 Å². The minimum atomic E-state index is 0.619. The van der Waals surface area contributed by atoms with Crippen LogP contribution >= 0.6 is 38.5 Å². The van der Waals surface area contributed by atoms with Gasteiger partial charge in [0.1, 0.15) is 11.5 Å². The second-order valence-corrected chi connectivity index (χ2v) is 5.27. The number of nitrogens with one attached hydrogen (secondary N) is 1. The fraction of sp³-hybridized carbons (Fsp3) is 0.182. The van der Waals surface area contributed by atoms with Crippen molar-refractivity contribution in [2.24, 2.45) is 0 Å². The van der Waals surface area contributed by atoms with Crippen molar-refractivity contribution < 1.29 is 0 Å². The molecule has 0 aliphatic carbocycles. The summed E-state index contributed by atoms with van der Waals surface area (Å²) in [5.74, 6) is 1.46. The number of aromatic nitrogens is 3. The summed E-state index contributed by atoms with van der Waals surface area (Å²) < 4.78 is 1.89. The lowest BCUT2D eigenvalue weighted by molar-refractivity contribution is 1.09. The summed E-state index contributed by atoms with van der Waals surface area (Å²) in [5.41, 5.74) is 0.753. The highest BCUT2D eigenvalue weighted by atomic mass is 127. The molecule has 0 aliphatic heterocycles. The van der Waals surface area contributed by atoms with Gasteiger partial charge in [0.25, 0.3) is 0 Å². The van der Waals surface area contributed by atoms with Crippen molar-refractivity contribution in [1.29, 1.82) is 0 Å². The molecule has 0 aliphatic rings. The Balaban J connectivity index is 2.46. The van der Waals surface area contributed by atoms with Crippen molar-refractivity contribution in [3.63, 3.8) is 0 Å². The Labute approximate surface area is 122 Å². The van der Waals surface area contributed by atoms with Gasteiger partial charge in [0.05, 0.1) is 3.57 Å². The van der Waals surface area contributed by atoms with Gasteiger partial charge in [-0.3, -0.25) is 4.98 Å². The molecule has 0 spiro atoms. The van der Waals surface area contributed by atoms with Gasteiger partial charge in [0, 0.05) is 23.4 Å². The summed E-state index contributed by atoms with van der Waals surface area (Å²) in [5, 5.41) is 3.20. The van der Waals surface area contributed by atoms with Crippen molar-refractivity contribution in [2.75, 3.05) is 11.9 Å². The molecule has 2 aromatic rings. The minimum absolute atomic E-state index is 0.619. The summed E-state index contributed by atoms with van der Waals surface area (Å²) in [6.07, 6.45) is 3.52. The van der Waals surface area contributed by atoms with Gasteiger partial charge in [-0.05, 0) is 57.6 Å². The third-order valence-corrected chi connectivity index (χ3v) is 3.49. The Kier molecular flexibility index (Phi) is 4.27. The van der Waals surface area contributed by atoms with Crippen LogP contribution in [-0.4, -0.2) is 21.5 Å². The quantitative estimate of drug-likeness (QED) is 0.797. The third kappa shape index (κ3) is 2.92. The molecule has 0 unspecified atom stereocenters. The zero-order chi connectivity index (χ0) is 12.3. The zero-order valence-electron chi connectivity index (χ0n) is 9.11. The SMILES string of the molecule is CCNc1nc(-c2ncccc2Br)ncc1I. The van der Waals surface area contributed by atoms with Gasteiger partial charge in [-0.2, -0.15) is 0 Å². The highest BCUT2D eigenvalue weighted by Crippen LogP contribution is 2.24. The molecule has 0 saturated heterocycles. The van der Waals surface area contributed by atoms with E-state index in [0.29, 0.717) is 5.82 Å². The van der Waals surface area contributed by atoms with Gasteiger partial charge < -0.3 is 5.32 Å². The Hall–Kier alpha value is -0.760. The number of nitrogens with zero attached hydrogens (tertiary/aromatic N) is 3. The van der Waals surface area contributed by atoms with E-state index in [1.807, 2.05) is 19.1 Å². The van der Waals surface area contributed by atoms with E-state index in [0.717, 1.165) is 26.1 Å². The van der Waals surface area contributed by atoms with E-state index in [9.17, 15) is 0 Å². The molecule has 0 atom stereocenters. The molecule has 88 valence electrons. The second-order valence-electron chi connectivity index (χ2n) is 3.25. The molecule has 2 rings (SSSR count). The first kappa shape index (κ1) is 12.7. The van der Waals surface area contributed by atoms with E-state index in [1.54, 1.807) is 12.4 Å². The minimum Gasteiger partial charge on any atom is -0.369 e. The highest BCUT2D eigenvalue weighted by Gasteiger charge is 2.09. The average molecular weight is 405 g/mol. The van der Waals surface area contributed by atoms with Crippen molar-refractivity contribution in [2.45, 2.75) is 6.92 Å². The average Bonchev–Trinajstić information content (AvgIpc) is 2.33. The van der Waals surface area contributed by atoms with Crippen LogP contribution in [0.25, 0.3) is 11.5 Å². The van der Waals surface area contributed by atoms with Gasteiger partial charge >= 0.3 is 0 Å². The Morgan fingerprint density at radius 1 is 1.41 bits per heavy atom. The predicted molar refractivity (Wildman–Crippen MR) is 79.8 cm³/mol. The van der Waals surface area contributed by atoms with E-state index in [2.05, 4.69) is 58.8 Å². The van der Waals surface area contributed by atoms with Crippen LogP contribution < -0.4 is 5.32 Å². The van der Waals surface area contributed by atoms with Crippen molar-refractivity contribution in [3.05, 3.63) is 32.6 Å². The topological polar surface area (TPSA) is 50.7 Å². The molecule has 0 bridgehead atoms. The fourth-order valence-corrected chi connectivity index (χ4v) is 2.21. The van der Waals surface area contributed by atoms with E-state index in [-0.39, 0.29) is 0 Å². The molecule has 2 aromatic heterocycles. The van der Waals surface area contributed by atoms with Crippen LogP contribution in [0.1, 0.15) is 6.92 Å². The summed E-state index contributed by atoms with van der Waals surface area (Å²) in [7, 11) is 0. The standard InChI is InChI=1S/C11H10BrIN4/c1-2-14-10-8(13)6-16-11(17-10)9-7(12)4-3-5-15-9/h3-6H,2H2,1H3,(H,14,16,17). The third-order valence-electron chi connectivity index (χ3n) is 2.06.